The van der Waals surface area contributed by atoms with Gasteiger partial charge in [-0.1, -0.05) is 27.2 Å². The van der Waals surface area contributed by atoms with Crippen LogP contribution in [0.2, 0.25) is 0 Å². The fourth-order valence-corrected chi connectivity index (χ4v) is 2.25. The minimum Gasteiger partial charge on any atom is -0.378 e. The number of hydrogen-bond donors (Lipinski definition) is 0. The highest BCUT2D eigenvalue weighted by Gasteiger charge is 2.43. The summed E-state index contributed by atoms with van der Waals surface area (Å²) in [7, 11) is 0. The summed E-state index contributed by atoms with van der Waals surface area (Å²) >= 11 is 0. The van der Waals surface area contributed by atoms with Crippen LogP contribution < -0.4 is 0 Å². The molecule has 0 amide bonds. The van der Waals surface area contributed by atoms with Gasteiger partial charge in [-0.15, -0.1) is 0 Å². The van der Waals surface area contributed by atoms with E-state index >= 15 is 0 Å². The van der Waals surface area contributed by atoms with Gasteiger partial charge in [0.15, 0.2) is 0 Å². The van der Waals surface area contributed by atoms with E-state index in [1.807, 2.05) is 0 Å². The molecule has 106 valence electrons. The summed E-state index contributed by atoms with van der Waals surface area (Å²) in [6.45, 7) is 9.11. The first-order chi connectivity index (χ1) is 8.49. The van der Waals surface area contributed by atoms with Crippen molar-refractivity contribution in [3.05, 3.63) is 0 Å². The molecule has 2 unspecified atom stereocenters. The maximum absolute atomic E-state index is 5.92. The lowest BCUT2D eigenvalue weighted by Gasteiger charge is -2.26. The van der Waals surface area contributed by atoms with Crippen molar-refractivity contribution in [2.75, 3.05) is 26.4 Å². The second kappa shape index (κ2) is 5.87. The van der Waals surface area contributed by atoms with Crippen LogP contribution in [0.15, 0.2) is 0 Å². The Bertz CT molecular complexity index is 251. The van der Waals surface area contributed by atoms with Gasteiger partial charge in [-0.05, 0) is 18.3 Å². The third-order valence-corrected chi connectivity index (χ3v) is 3.12. The Labute approximate surface area is 110 Å². The minimum absolute atomic E-state index is 0.00505. The molecule has 0 radical (unpaired) electrons. The molecular weight excluding hydrogens is 232 g/mol. The van der Waals surface area contributed by atoms with Crippen LogP contribution in [0.4, 0.5) is 0 Å². The summed E-state index contributed by atoms with van der Waals surface area (Å²) in [5.41, 5.74) is 0.190. The molecule has 2 atom stereocenters. The predicted octanol–water partition coefficient (Wildman–Crippen LogP) is 2.71. The first-order valence-electron chi connectivity index (χ1n) is 7.03. The van der Waals surface area contributed by atoms with Crippen LogP contribution in [-0.4, -0.2) is 38.5 Å². The summed E-state index contributed by atoms with van der Waals surface area (Å²) < 4.78 is 23.1. The van der Waals surface area contributed by atoms with E-state index in [9.17, 15) is 0 Å². The molecular formula is C14H26O4. The average Bonchev–Trinajstić information content (AvgIpc) is 2.52. The normalized spacial score (nSPS) is 33.8. The van der Waals surface area contributed by atoms with Gasteiger partial charge in [-0.25, -0.2) is 0 Å². The van der Waals surface area contributed by atoms with Crippen LogP contribution >= 0.6 is 0 Å². The molecule has 18 heavy (non-hydrogen) atoms. The van der Waals surface area contributed by atoms with Gasteiger partial charge in [0, 0.05) is 6.42 Å². The first-order valence-corrected chi connectivity index (χ1v) is 7.03. The molecule has 2 aliphatic rings. The van der Waals surface area contributed by atoms with Gasteiger partial charge in [-0.2, -0.15) is 0 Å². The quantitative estimate of drug-likeness (QED) is 0.780. The van der Waals surface area contributed by atoms with E-state index in [4.69, 9.17) is 18.9 Å². The third-order valence-electron chi connectivity index (χ3n) is 3.12. The van der Waals surface area contributed by atoms with Crippen LogP contribution in [0.3, 0.4) is 0 Å². The van der Waals surface area contributed by atoms with Gasteiger partial charge < -0.3 is 18.9 Å². The van der Waals surface area contributed by atoms with Crippen LogP contribution in [0, 0.1) is 5.41 Å². The Morgan fingerprint density at radius 2 is 2.00 bits per heavy atom. The molecule has 0 aromatic carbocycles. The summed E-state index contributed by atoms with van der Waals surface area (Å²) in [5.74, 6) is -0.772. The van der Waals surface area contributed by atoms with Crippen LogP contribution in [0.1, 0.15) is 46.5 Å². The molecule has 2 fully saturated rings. The van der Waals surface area contributed by atoms with Gasteiger partial charge in [0.1, 0.15) is 6.10 Å². The summed E-state index contributed by atoms with van der Waals surface area (Å²) in [4.78, 5) is 0. The van der Waals surface area contributed by atoms with Crippen molar-refractivity contribution in [1.29, 1.82) is 0 Å². The molecule has 0 saturated carbocycles. The topological polar surface area (TPSA) is 36.9 Å². The van der Waals surface area contributed by atoms with Crippen molar-refractivity contribution >= 4 is 0 Å². The van der Waals surface area contributed by atoms with E-state index in [1.165, 1.54) is 6.42 Å². The fraction of sp³-hybridized carbons (Fsp3) is 1.00. The molecule has 0 N–H and O–H groups in total. The van der Waals surface area contributed by atoms with E-state index < -0.39 is 5.97 Å². The maximum Gasteiger partial charge on any atom is 0.283 e. The lowest BCUT2D eigenvalue weighted by molar-refractivity contribution is -0.337. The molecule has 0 aromatic heterocycles. The van der Waals surface area contributed by atoms with E-state index in [2.05, 4.69) is 20.8 Å². The number of rotatable bonds is 3. The van der Waals surface area contributed by atoms with Gasteiger partial charge in [0.2, 0.25) is 0 Å². The Kier molecular flexibility index (Phi) is 4.64. The number of ether oxygens (including phenoxy) is 4. The summed E-state index contributed by atoms with van der Waals surface area (Å²) in [5, 5.41) is 0. The van der Waals surface area contributed by atoms with E-state index in [-0.39, 0.29) is 11.5 Å². The molecule has 0 aromatic rings. The van der Waals surface area contributed by atoms with Gasteiger partial charge in [-0.3, -0.25) is 0 Å². The Hall–Kier alpha value is -0.160. The first kappa shape index (κ1) is 14.3. The molecule has 0 aliphatic carbocycles. The van der Waals surface area contributed by atoms with Gasteiger partial charge in [0.25, 0.3) is 5.97 Å². The molecule has 4 heteroatoms. The van der Waals surface area contributed by atoms with Crippen LogP contribution in [-0.2, 0) is 18.9 Å². The Balaban J connectivity index is 1.73. The smallest absolute Gasteiger partial charge is 0.283 e. The zero-order valence-corrected chi connectivity index (χ0v) is 11.9. The minimum atomic E-state index is -0.772. The van der Waals surface area contributed by atoms with Crippen molar-refractivity contribution in [3.8, 4) is 0 Å². The van der Waals surface area contributed by atoms with Crippen molar-refractivity contribution in [2.24, 2.45) is 5.41 Å². The van der Waals surface area contributed by atoms with E-state index in [1.54, 1.807) is 0 Å². The highest BCUT2D eigenvalue weighted by molar-refractivity contribution is 4.74. The molecule has 0 bridgehead atoms. The zero-order valence-electron chi connectivity index (χ0n) is 11.9. The van der Waals surface area contributed by atoms with Crippen LogP contribution in [0.25, 0.3) is 0 Å². The molecule has 4 nitrogen and oxygen atoms in total. The van der Waals surface area contributed by atoms with Gasteiger partial charge >= 0.3 is 0 Å². The monoisotopic (exact) mass is 258 g/mol. The predicted molar refractivity (Wildman–Crippen MR) is 68.3 cm³/mol. The largest absolute Gasteiger partial charge is 0.378 e. The molecule has 1 spiro atoms. The standard InChI is InChI=1S/C14H26O4/c1-13(2,3)11-15-9-12-10-17-14(18-12)7-5-4-6-8-16-14/h12H,4-11H2,1-3H3. The number of hydrogen-bond acceptors (Lipinski definition) is 4. The highest BCUT2D eigenvalue weighted by Crippen LogP contribution is 2.33. The zero-order chi connectivity index (χ0) is 13.1. The van der Waals surface area contributed by atoms with Gasteiger partial charge in [0.05, 0.1) is 26.4 Å². The van der Waals surface area contributed by atoms with E-state index in [0.29, 0.717) is 13.2 Å². The molecule has 2 aliphatic heterocycles. The van der Waals surface area contributed by atoms with Crippen molar-refractivity contribution in [2.45, 2.75) is 58.5 Å². The van der Waals surface area contributed by atoms with Crippen molar-refractivity contribution in [3.63, 3.8) is 0 Å². The Morgan fingerprint density at radius 1 is 1.17 bits per heavy atom. The van der Waals surface area contributed by atoms with Crippen molar-refractivity contribution < 1.29 is 18.9 Å². The Morgan fingerprint density at radius 3 is 2.78 bits per heavy atom. The second-order valence-corrected chi connectivity index (χ2v) is 6.47. The third kappa shape index (κ3) is 4.19. The van der Waals surface area contributed by atoms with Crippen molar-refractivity contribution in [1.82, 2.24) is 0 Å². The fourth-order valence-electron chi connectivity index (χ4n) is 2.25. The maximum atomic E-state index is 5.92. The SMILES string of the molecule is CC(C)(C)COCC1COC2(CCCCCO2)O1. The second-order valence-electron chi connectivity index (χ2n) is 6.47. The molecule has 2 saturated heterocycles. The summed E-state index contributed by atoms with van der Waals surface area (Å²) in [6, 6.07) is 0. The summed E-state index contributed by atoms with van der Waals surface area (Å²) in [6.07, 6.45) is 4.24. The molecule has 2 heterocycles. The lowest BCUT2D eigenvalue weighted by atomic mass is 9.99. The van der Waals surface area contributed by atoms with E-state index in [0.717, 1.165) is 32.5 Å². The van der Waals surface area contributed by atoms with Crippen LogP contribution in [0.5, 0.6) is 0 Å². The average molecular weight is 258 g/mol. The molecule has 2 rings (SSSR count). The highest BCUT2D eigenvalue weighted by atomic mass is 16.9. The lowest BCUT2D eigenvalue weighted by Crippen LogP contribution is -2.34.